The van der Waals surface area contributed by atoms with Gasteiger partial charge >= 0.3 is 0 Å². The molecule has 2 aromatic rings. The van der Waals surface area contributed by atoms with Gasteiger partial charge in [0.1, 0.15) is 5.76 Å². The summed E-state index contributed by atoms with van der Waals surface area (Å²) >= 11 is 5.15. The molecule has 2 aromatic heterocycles. The first-order chi connectivity index (χ1) is 7.65. The standard InChI is InChI=1S/C11H13BrN2OS/c1-7(2)9-5-11(14-15-9)13-6-8-3-4-10(12)16-8/h3-5,7H,6H2,1-2H3,(H,13,14). The monoisotopic (exact) mass is 300 g/mol. The van der Waals surface area contributed by atoms with Crippen LogP contribution in [-0.4, -0.2) is 5.16 Å². The molecule has 3 nitrogen and oxygen atoms in total. The molecule has 0 unspecified atom stereocenters. The molecule has 0 fully saturated rings. The van der Waals surface area contributed by atoms with E-state index in [0.29, 0.717) is 5.92 Å². The van der Waals surface area contributed by atoms with E-state index in [1.807, 2.05) is 12.1 Å². The molecule has 5 heteroatoms. The summed E-state index contributed by atoms with van der Waals surface area (Å²) in [5.41, 5.74) is 0. The Bertz CT molecular complexity index is 464. The van der Waals surface area contributed by atoms with E-state index in [-0.39, 0.29) is 0 Å². The van der Waals surface area contributed by atoms with Gasteiger partial charge < -0.3 is 9.84 Å². The summed E-state index contributed by atoms with van der Waals surface area (Å²) in [6, 6.07) is 6.09. The third-order valence-corrected chi connectivity index (χ3v) is 3.79. The number of hydrogen-bond acceptors (Lipinski definition) is 4. The Hall–Kier alpha value is -0.810. The number of hydrogen-bond donors (Lipinski definition) is 1. The van der Waals surface area contributed by atoms with Gasteiger partial charge in [0.05, 0.1) is 10.3 Å². The van der Waals surface area contributed by atoms with Gasteiger partial charge in [-0.15, -0.1) is 11.3 Å². The Kier molecular flexibility index (Phi) is 3.66. The third-order valence-electron chi connectivity index (χ3n) is 2.17. The average Bonchev–Trinajstić information content (AvgIpc) is 2.83. The molecule has 0 saturated heterocycles. The number of nitrogens with one attached hydrogen (secondary N) is 1. The van der Waals surface area contributed by atoms with Gasteiger partial charge in [-0.25, -0.2) is 0 Å². The zero-order valence-corrected chi connectivity index (χ0v) is 11.6. The van der Waals surface area contributed by atoms with Gasteiger partial charge in [0, 0.05) is 16.9 Å². The minimum atomic E-state index is 0.374. The Morgan fingerprint density at radius 2 is 2.31 bits per heavy atom. The lowest BCUT2D eigenvalue weighted by Gasteiger charge is -1.98. The Morgan fingerprint density at radius 1 is 1.50 bits per heavy atom. The third kappa shape index (κ3) is 2.86. The molecule has 0 amide bonds. The van der Waals surface area contributed by atoms with Crippen LogP contribution in [0.5, 0.6) is 0 Å². The topological polar surface area (TPSA) is 38.1 Å². The molecule has 0 spiro atoms. The van der Waals surface area contributed by atoms with Gasteiger partial charge in [-0.2, -0.15) is 0 Å². The summed E-state index contributed by atoms with van der Waals surface area (Å²) in [6.45, 7) is 4.95. The molecule has 0 radical (unpaired) electrons. The minimum absolute atomic E-state index is 0.374. The van der Waals surface area contributed by atoms with E-state index in [1.54, 1.807) is 11.3 Å². The summed E-state index contributed by atoms with van der Waals surface area (Å²) in [7, 11) is 0. The number of thiophene rings is 1. The predicted octanol–water partition coefficient (Wildman–Crippen LogP) is 4.23. The van der Waals surface area contributed by atoms with Crippen LogP contribution in [0.15, 0.2) is 26.5 Å². The van der Waals surface area contributed by atoms with Gasteiger partial charge in [-0.3, -0.25) is 0 Å². The van der Waals surface area contributed by atoms with Gasteiger partial charge in [-0.05, 0) is 28.1 Å². The van der Waals surface area contributed by atoms with Gasteiger partial charge in [-0.1, -0.05) is 19.0 Å². The first-order valence-electron chi connectivity index (χ1n) is 5.10. The molecule has 0 bridgehead atoms. The quantitative estimate of drug-likeness (QED) is 0.918. The molecule has 0 atom stereocenters. The molecule has 0 aromatic carbocycles. The highest BCUT2D eigenvalue weighted by Gasteiger charge is 2.07. The second-order valence-corrected chi connectivity index (χ2v) is 6.38. The van der Waals surface area contributed by atoms with Crippen LogP contribution in [0.25, 0.3) is 0 Å². The molecule has 1 N–H and O–H groups in total. The summed E-state index contributed by atoms with van der Waals surface area (Å²) in [5.74, 6) is 2.09. The van der Waals surface area contributed by atoms with Crippen LogP contribution in [0.4, 0.5) is 5.82 Å². The molecule has 86 valence electrons. The maximum atomic E-state index is 5.20. The van der Waals surface area contributed by atoms with Crippen molar-refractivity contribution < 1.29 is 4.52 Å². The van der Waals surface area contributed by atoms with Crippen molar-refractivity contribution in [3.05, 3.63) is 32.6 Å². The van der Waals surface area contributed by atoms with Crippen molar-refractivity contribution in [1.82, 2.24) is 5.16 Å². The second kappa shape index (κ2) is 5.01. The Morgan fingerprint density at radius 3 is 2.88 bits per heavy atom. The van der Waals surface area contributed by atoms with E-state index >= 15 is 0 Å². The van der Waals surface area contributed by atoms with Crippen LogP contribution in [0.3, 0.4) is 0 Å². The highest BCUT2D eigenvalue weighted by molar-refractivity contribution is 9.11. The highest BCUT2D eigenvalue weighted by atomic mass is 79.9. The Balaban J connectivity index is 1.94. The zero-order valence-electron chi connectivity index (χ0n) is 9.16. The predicted molar refractivity (Wildman–Crippen MR) is 69.9 cm³/mol. The van der Waals surface area contributed by atoms with Crippen molar-refractivity contribution >= 4 is 33.1 Å². The largest absolute Gasteiger partial charge is 0.362 e. The van der Waals surface area contributed by atoms with Crippen LogP contribution in [0, 0.1) is 0 Å². The maximum absolute atomic E-state index is 5.20. The molecule has 2 heterocycles. The number of nitrogens with zero attached hydrogens (tertiary/aromatic N) is 1. The van der Waals surface area contributed by atoms with E-state index in [9.17, 15) is 0 Å². The summed E-state index contributed by atoms with van der Waals surface area (Å²) in [5, 5.41) is 7.20. The fourth-order valence-electron chi connectivity index (χ4n) is 1.27. The lowest BCUT2D eigenvalue weighted by atomic mass is 10.2. The summed E-state index contributed by atoms with van der Waals surface area (Å²) in [6.07, 6.45) is 0. The molecule has 0 aliphatic carbocycles. The van der Waals surface area contributed by atoms with Crippen LogP contribution in [-0.2, 0) is 6.54 Å². The van der Waals surface area contributed by atoms with Crippen LogP contribution in [0.1, 0.15) is 30.4 Å². The smallest absolute Gasteiger partial charge is 0.169 e. The molecule has 16 heavy (non-hydrogen) atoms. The number of halogens is 1. The van der Waals surface area contributed by atoms with Crippen LogP contribution >= 0.6 is 27.3 Å². The molecule has 0 saturated carbocycles. The summed E-state index contributed by atoms with van der Waals surface area (Å²) in [4.78, 5) is 1.26. The maximum Gasteiger partial charge on any atom is 0.169 e. The molecular formula is C11H13BrN2OS. The molecule has 0 aliphatic rings. The molecular weight excluding hydrogens is 288 g/mol. The zero-order chi connectivity index (χ0) is 11.5. The van der Waals surface area contributed by atoms with Crippen LogP contribution in [0.2, 0.25) is 0 Å². The first-order valence-corrected chi connectivity index (χ1v) is 6.71. The number of anilines is 1. The number of rotatable bonds is 4. The van der Waals surface area contributed by atoms with Crippen molar-refractivity contribution in [2.45, 2.75) is 26.3 Å². The Labute approximate surface area is 107 Å². The molecule has 2 rings (SSSR count). The van der Waals surface area contributed by atoms with Gasteiger partial charge in [0.15, 0.2) is 5.82 Å². The van der Waals surface area contributed by atoms with E-state index in [0.717, 1.165) is 21.9 Å². The van der Waals surface area contributed by atoms with Gasteiger partial charge in [0.2, 0.25) is 0 Å². The first kappa shape index (κ1) is 11.7. The van der Waals surface area contributed by atoms with E-state index in [2.05, 4.69) is 46.3 Å². The normalized spacial score (nSPS) is 11.0. The SMILES string of the molecule is CC(C)c1cc(NCc2ccc(Br)s2)no1. The van der Waals surface area contributed by atoms with Crippen molar-refractivity contribution in [2.24, 2.45) is 0 Å². The van der Waals surface area contributed by atoms with Gasteiger partial charge in [0.25, 0.3) is 0 Å². The highest BCUT2D eigenvalue weighted by Crippen LogP contribution is 2.23. The van der Waals surface area contributed by atoms with Crippen molar-refractivity contribution in [3.63, 3.8) is 0 Å². The average molecular weight is 301 g/mol. The van der Waals surface area contributed by atoms with Crippen LogP contribution < -0.4 is 5.32 Å². The molecule has 0 aliphatic heterocycles. The lowest BCUT2D eigenvalue weighted by molar-refractivity contribution is 0.373. The minimum Gasteiger partial charge on any atom is -0.362 e. The van der Waals surface area contributed by atoms with E-state index < -0.39 is 0 Å². The van der Waals surface area contributed by atoms with E-state index in [4.69, 9.17) is 4.52 Å². The second-order valence-electron chi connectivity index (χ2n) is 3.83. The fraction of sp³-hybridized carbons (Fsp3) is 0.364. The fourth-order valence-corrected chi connectivity index (χ4v) is 2.69. The summed E-state index contributed by atoms with van der Waals surface area (Å²) < 4.78 is 6.35. The van der Waals surface area contributed by atoms with E-state index in [1.165, 1.54) is 4.88 Å². The number of aromatic nitrogens is 1. The van der Waals surface area contributed by atoms with Crippen molar-refractivity contribution in [2.75, 3.05) is 5.32 Å². The lowest BCUT2D eigenvalue weighted by Crippen LogP contribution is -1.96. The van der Waals surface area contributed by atoms with Crippen molar-refractivity contribution in [1.29, 1.82) is 0 Å². The van der Waals surface area contributed by atoms with Crippen molar-refractivity contribution in [3.8, 4) is 0 Å².